The van der Waals surface area contributed by atoms with Crippen molar-refractivity contribution in [3.8, 4) is 0 Å². The van der Waals surface area contributed by atoms with E-state index in [0.29, 0.717) is 12.1 Å². The van der Waals surface area contributed by atoms with Gasteiger partial charge in [0.05, 0.1) is 0 Å². The molecule has 1 heterocycles. The molecule has 2 nitrogen and oxygen atoms in total. The number of hydrogen-bond donors (Lipinski definition) is 1. The molecule has 1 aliphatic carbocycles. The molecule has 1 aliphatic heterocycles. The molecule has 0 amide bonds. The van der Waals surface area contributed by atoms with Gasteiger partial charge in [0.1, 0.15) is 0 Å². The predicted octanol–water partition coefficient (Wildman–Crippen LogP) is 3.33. The highest BCUT2D eigenvalue weighted by Crippen LogP contribution is 2.36. The van der Waals surface area contributed by atoms with E-state index in [1.54, 1.807) is 0 Å². The number of rotatable bonds is 3. The third-order valence-corrected chi connectivity index (χ3v) is 5.50. The third-order valence-electron chi connectivity index (χ3n) is 5.25. The topological polar surface area (TPSA) is 29.3 Å². The Hall–Kier alpha value is -0.570. The van der Waals surface area contributed by atoms with Crippen LogP contribution in [-0.4, -0.2) is 30.1 Å². The van der Waals surface area contributed by atoms with Gasteiger partial charge in [-0.1, -0.05) is 30.2 Å². The summed E-state index contributed by atoms with van der Waals surface area (Å²) in [5, 5.41) is 0.819. The number of fused-ring (bicyclic) bond motifs is 1. The Morgan fingerprint density at radius 2 is 2.00 bits per heavy atom. The van der Waals surface area contributed by atoms with Crippen molar-refractivity contribution in [2.45, 2.75) is 44.7 Å². The summed E-state index contributed by atoms with van der Waals surface area (Å²) in [7, 11) is 0. The lowest BCUT2D eigenvalue weighted by atomic mass is 9.78. The Balaban J connectivity index is 1.60. The maximum atomic E-state index is 6.31. The van der Waals surface area contributed by atoms with E-state index in [4.69, 9.17) is 17.3 Å². The molecule has 4 unspecified atom stereocenters. The molecule has 2 N–H and O–H groups in total. The van der Waals surface area contributed by atoms with Crippen LogP contribution in [0.1, 0.15) is 31.7 Å². The molecule has 1 saturated carbocycles. The zero-order chi connectivity index (χ0) is 14.1. The average molecular weight is 293 g/mol. The molecular weight excluding hydrogens is 268 g/mol. The van der Waals surface area contributed by atoms with Crippen molar-refractivity contribution in [1.29, 1.82) is 0 Å². The van der Waals surface area contributed by atoms with E-state index in [-0.39, 0.29) is 0 Å². The van der Waals surface area contributed by atoms with E-state index in [9.17, 15) is 0 Å². The molecule has 2 aliphatic rings. The van der Waals surface area contributed by atoms with E-state index >= 15 is 0 Å². The van der Waals surface area contributed by atoms with Crippen LogP contribution in [0.4, 0.5) is 0 Å². The minimum absolute atomic E-state index is 0.432. The molecule has 1 aromatic carbocycles. The quantitative estimate of drug-likeness (QED) is 0.926. The van der Waals surface area contributed by atoms with Gasteiger partial charge in [0, 0.05) is 30.2 Å². The monoisotopic (exact) mass is 292 g/mol. The molecule has 0 bridgehead atoms. The van der Waals surface area contributed by atoms with Crippen LogP contribution in [0.5, 0.6) is 0 Å². The fourth-order valence-electron chi connectivity index (χ4n) is 4.00. The Labute approximate surface area is 127 Å². The van der Waals surface area contributed by atoms with Crippen LogP contribution in [0.15, 0.2) is 24.3 Å². The zero-order valence-electron chi connectivity index (χ0n) is 12.3. The molecule has 0 aromatic heterocycles. The number of nitrogens with zero attached hydrogens (tertiary/aromatic N) is 1. The van der Waals surface area contributed by atoms with Crippen LogP contribution in [-0.2, 0) is 6.42 Å². The van der Waals surface area contributed by atoms with Crippen LogP contribution in [0.2, 0.25) is 5.02 Å². The van der Waals surface area contributed by atoms with Gasteiger partial charge in [-0.25, -0.2) is 0 Å². The summed E-state index contributed by atoms with van der Waals surface area (Å²) in [6, 6.07) is 9.30. The Morgan fingerprint density at radius 1 is 1.25 bits per heavy atom. The van der Waals surface area contributed by atoms with Crippen molar-refractivity contribution in [3.05, 3.63) is 34.9 Å². The summed E-state index contributed by atoms with van der Waals surface area (Å²) in [4.78, 5) is 2.65. The molecule has 20 heavy (non-hydrogen) atoms. The van der Waals surface area contributed by atoms with Crippen molar-refractivity contribution in [2.24, 2.45) is 17.6 Å². The summed E-state index contributed by atoms with van der Waals surface area (Å²) in [5.41, 5.74) is 7.69. The molecule has 4 atom stereocenters. The number of likely N-dealkylation sites (tertiary alicyclic amines) is 1. The van der Waals surface area contributed by atoms with Crippen LogP contribution in [0.3, 0.4) is 0 Å². The van der Waals surface area contributed by atoms with Crippen molar-refractivity contribution in [3.63, 3.8) is 0 Å². The lowest BCUT2D eigenvalue weighted by molar-refractivity contribution is 0.241. The first kappa shape index (κ1) is 14.4. The Kier molecular flexibility index (Phi) is 4.34. The first-order valence-electron chi connectivity index (χ1n) is 7.87. The summed E-state index contributed by atoms with van der Waals surface area (Å²) in [6.45, 7) is 4.78. The Bertz CT molecular complexity index is 445. The van der Waals surface area contributed by atoms with Gasteiger partial charge in [0.25, 0.3) is 0 Å². The van der Waals surface area contributed by atoms with E-state index < -0.39 is 0 Å². The van der Waals surface area contributed by atoms with E-state index in [0.717, 1.165) is 23.3 Å². The second kappa shape index (κ2) is 6.05. The normalized spacial score (nSPS) is 32.0. The van der Waals surface area contributed by atoms with Crippen LogP contribution in [0.25, 0.3) is 0 Å². The highest BCUT2D eigenvalue weighted by Gasteiger charge is 2.39. The largest absolute Gasteiger partial charge is 0.327 e. The molecule has 3 heteroatoms. The van der Waals surface area contributed by atoms with Gasteiger partial charge in [-0.2, -0.15) is 0 Å². The molecule has 110 valence electrons. The van der Waals surface area contributed by atoms with Crippen LogP contribution in [0, 0.1) is 11.8 Å². The number of halogens is 1. The molecular formula is C17H25ClN2. The fourth-order valence-corrected chi connectivity index (χ4v) is 4.13. The van der Waals surface area contributed by atoms with Crippen molar-refractivity contribution in [2.75, 3.05) is 13.1 Å². The second-order valence-corrected chi connectivity index (χ2v) is 7.09. The van der Waals surface area contributed by atoms with Gasteiger partial charge >= 0.3 is 0 Å². The van der Waals surface area contributed by atoms with Crippen molar-refractivity contribution < 1.29 is 0 Å². The number of benzene rings is 1. The van der Waals surface area contributed by atoms with Gasteiger partial charge in [0.15, 0.2) is 0 Å². The summed E-state index contributed by atoms with van der Waals surface area (Å²) in [5.74, 6) is 1.57. The van der Waals surface area contributed by atoms with Crippen molar-refractivity contribution >= 4 is 11.6 Å². The first-order valence-corrected chi connectivity index (χ1v) is 8.25. The van der Waals surface area contributed by atoms with E-state index in [1.807, 2.05) is 12.1 Å². The van der Waals surface area contributed by atoms with Gasteiger partial charge in [-0.3, -0.25) is 4.90 Å². The summed E-state index contributed by atoms with van der Waals surface area (Å²) >= 11 is 5.95. The molecule has 0 spiro atoms. The van der Waals surface area contributed by atoms with Crippen molar-refractivity contribution in [1.82, 2.24) is 4.90 Å². The maximum Gasteiger partial charge on any atom is 0.0406 e. The minimum atomic E-state index is 0.432. The fraction of sp³-hybridized carbons (Fsp3) is 0.647. The summed E-state index contributed by atoms with van der Waals surface area (Å²) < 4.78 is 0. The second-order valence-electron chi connectivity index (χ2n) is 6.65. The number of hydrogen-bond acceptors (Lipinski definition) is 2. The average Bonchev–Trinajstić information content (AvgIpc) is 2.87. The highest BCUT2D eigenvalue weighted by molar-refractivity contribution is 6.30. The van der Waals surface area contributed by atoms with E-state index in [2.05, 4.69) is 24.0 Å². The molecule has 3 rings (SSSR count). The van der Waals surface area contributed by atoms with Gasteiger partial charge < -0.3 is 5.73 Å². The van der Waals surface area contributed by atoms with Gasteiger partial charge in [-0.15, -0.1) is 0 Å². The predicted molar refractivity (Wildman–Crippen MR) is 85.0 cm³/mol. The van der Waals surface area contributed by atoms with Gasteiger partial charge in [0.2, 0.25) is 0 Å². The van der Waals surface area contributed by atoms with Gasteiger partial charge in [-0.05, 0) is 55.7 Å². The number of nitrogens with two attached hydrogens (primary N) is 1. The molecule has 2 fully saturated rings. The molecule has 0 radical (unpaired) electrons. The minimum Gasteiger partial charge on any atom is -0.327 e. The lowest BCUT2D eigenvalue weighted by Gasteiger charge is -2.30. The lowest BCUT2D eigenvalue weighted by Crippen LogP contribution is -2.39. The SMILES string of the molecule is CC(Cc1ccc(Cl)cc1)N1CC2CCCC(N)C2C1. The molecule has 1 aromatic rings. The van der Waals surface area contributed by atoms with E-state index in [1.165, 1.54) is 37.9 Å². The Morgan fingerprint density at radius 3 is 2.70 bits per heavy atom. The smallest absolute Gasteiger partial charge is 0.0406 e. The maximum absolute atomic E-state index is 6.31. The summed E-state index contributed by atoms with van der Waals surface area (Å²) in [6.07, 6.45) is 5.02. The highest BCUT2D eigenvalue weighted by atomic mass is 35.5. The molecule has 1 saturated heterocycles. The van der Waals surface area contributed by atoms with Crippen LogP contribution < -0.4 is 5.73 Å². The third kappa shape index (κ3) is 3.03. The first-order chi connectivity index (χ1) is 9.63. The standard InChI is InChI=1S/C17H25ClN2/c1-12(9-13-5-7-15(18)8-6-13)20-10-14-3-2-4-17(19)16(14)11-20/h5-8,12,14,16-17H,2-4,9-11,19H2,1H3. The van der Waals surface area contributed by atoms with Crippen LogP contribution >= 0.6 is 11.6 Å². The zero-order valence-corrected chi connectivity index (χ0v) is 13.0.